The first kappa shape index (κ1) is 73.8. The number of rotatable bonds is 25. The Kier molecular flexibility index (Phi) is 23.6. The van der Waals surface area contributed by atoms with Crippen molar-refractivity contribution in [2.24, 2.45) is 23.7 Å². The van der Waals surface area contributed by atoms with Crippen LogP contribution in [0.15, 0.2) is 291 Å². The Morgan fingerprint density at radius 1 is 0.438 bits per heavy atom. The Hall–Kier alpha value is -12.4. The molecule has 13 aromatic rings. The van der Waals surface area contributed by atoms with E-state index in [1.54, 1.807) is 9.59 Å². The summed E-state index contributed by atoms with van der Waals surface area (Å²) in [4.78, 5) is 32.3. The molecule has 0 aliphatic heterocycles. The third-order valence-electron chi connectivity index (χ3n) is 18.1. The van der Waals surface area contributed by atoms with E-state index in [1.807, 2.05) is 127 Å². The molecule has 0 fully saturated rings. The van der Waals surface area contributed by atoms with Gasteiger partial charge in [-0.2, -0.15) is 0 Å². The molecule has 17 nitrogen and oxygen atoms in total. The smallest absolute Gasteiger partial charge is 0.410 e. The van der Waals surface area contributed by atoms with E-state index in [1.165, 1.54) is 24.3 Å². The van der Waals surface area contributed by atoms with Crippen LogP contribution in [0.2, 0.25) is 0 Å². The van der Waals surface area contributed by atoms with E-state index < -0.39 is 22.1 Å². The number of non-ortho nitro benzene ring substituents is 1. The maximum atomic E-state index is 13.5. The van der Waals surface area contributed by atoms with E-state index in [0.717, 1.165) is 110 Å². The van der Waals surface area contributed by atoms with Gasteiger partial charge in [-0.1, -0.05) is 305 Å². The van der Waals surface area contributed by atoms with Crippen molar-refractivity contribution in [3.8, 4) is 50.8 Å². The largest absolute Gasteiger partial charge is 0.417 e. The van der Waals surface area contributed by atoms with Gasteiger partial charge in [0.1, 0.15) is 5.75 Å². The molecular formula is C88H91N13O4. The van der Waals surface area contributed by atoms with Gasteiger partial charge < -0.3 is 20.3 Å². The van der Waals surface area contributed by atoms with Gasteiger partial charge in [-0.15, -0.1) is 30.0 Å². The highest BCUT2D eigenvalue weighted by Gasteiger charge is 2.43. The summed E-state index contributed by atoms with van der Waals surface area (Å²) in [5.74, 6) is 2.92. The SMILES string of the molecule is C.CC(C)CN(CC(C)C)c1ccc(-c2ccccc2-c2nnn(C(c3ccccc3)(c3ccccc3)c3ccccc3)n2)cc1N.CC(C)CN(CC(C)C)c1ccc(-c2ccccc2-c2nnn(C(c3ccccc3)(c3ccccc3)c3ccccc3)n2)cc1NC(=O)Oc1ccc([N+](=O)[O-])cc1. The van der Waals surface area contributed by atoms with Crippen LogP contribution in [0.4, 0.5) is 33.2 Å². The lowest BCUT2D eigenvalue weighted by Gasteiger charge is -2.34. The maximum Gasteiger partial charge on any atom is 0.417 e. The first-order valence-electron chi connectivity index (χ1n) is 35.4. The van der Waals surface area contributed by atoms with Gasteiger partial charge in [-0.05, 0) is 126 Å². The summed E-state index contributed by atoms with van der Waals surface area (Å²) in [6, 6.07) is 95.7. The Bertz CT molecular complexity index is 4750. The lowest BCUT2D eigenvalue weighted by molar-refractivity contribution is -0.384. The number of nitrogen functional groups attached to an aromatic ring is 1. The topological polar surface area (TPSA) is 201 Å². The number of hydrogen-bond donors (Lipinski definition) is 2. The van der Waals surface area contributed by atoms with Gasteiger partial charge in [0.15, 0.2) is 11.1 Å². The van der Waals surface area contributed by atoms with Gasteiger partial charge in [-0.3, -0.25) is 15.4 Å². The highest BCUT2D eigenvalue weighted by atomic mass is 16.6. The summed E-state index contributed by atoms with van der Waals surface area (Å²) in [7, 11) is 0. The second-order valence-electron chi connectivity index (χ2n) is 27.7. The predicted octanol–water partition coefficient (Wildman–Crippen LogP) is 19.7. The lowest BCUT2D eigenvalue weighted by atomic mass is 9.77. The molecule has 0 aliphatic rings. The number of nitro benzene ring substituents is 1. The minimum absolute atomic E-state index is 0. The van der Waals surface area contributed by atoms with Crippen molar-refractivity contribution in [2.45, 2.75) is 73.9 Å². The van der Waals surface area contributed by atoms with Crippen molar-refractivity contribution in [1.82, 2.24) is 40.4 Å². The summed E-state index contributed by atoms with van der Waals surface area (Å²) < 4.78 is 5.61. The highest BCUT2D eigenvalue weighted by Crippen LogP contribution is 2.44. The third kappa shape index (κ3) is 16.4. The Morgan fingerprint density at radius 3 is 1.09 bits per heavy atom. The summed E-state index contributed by atoms with van der Waals surface area (Å²) in [5.41, 5.74) is 19.5. The van der Waals surface area contributed by atoms with Crippen LogP contribution in [0.25, 0.3) is 45.0 Å². The van der Waals surface area contributed by atoms with Crippen LogP contribution >= 0.6 is 0 Å². The van der Waals surface area contributed by atoms with E-state index in [9.17, 15) is 14.9 Å². The number of nitro groups is 1. The number of carbonyl (C=O) groups excluding carboxylic acids is 1. The fraction of sp³-hybridized carbons (Fsp3) is 0.216. The van der Waals surface area contributed by atoms with Crippen LogP contribution in [-0.4, -0.2) is 77.6 Å². The molecule has 11 aromatic carbocycles. The number of aromatic nitrogens is 8. The number of nitrogens with two attached hydrogens (primary N) is 1. The maximum absolute atomic E-state index is 13.5. The standard InChI is InChI=1S/C47H45N7O4.C40H42N6.CH4/c1-33(2)31-52(32-34(3)4)44-29-24-35(30-43(44)48-46(55)58-40-27-25-39(26-28-40)53(56)57)41-22-14-15-23-42(41)45-49-51-54(50-45)47(36-16-8-5-9-17-36,37-18-10-6-11-19-37)38-20-12-7-13-21-38;1-29(2)27-45(28-30(3)4)38-25-24-31(26-37(38)41)35-22-14-15-23-36(35)39-42-44-46(43-39)40(32-16-8-5-9-17-32,33-18-10-6-11-19-33)34-20-12-7-13-21-34;/h5-30,33-34H,31-32H2,1-4H3,(H,48,55);5-26,29-30H,27-28,41H2,1-4H3;1H4. The number of tetrazole rings is 2. The number of benzene rings is 11. The molecule has 3 N–H and O–H groups in total. The average molecular weight is 1390 g/mol. The number of nitrogens with zero attached hydrogens (tertiary/aromatic N) is 11. The van der Waals surface area contributed by atoms with Crippen LogP contribution < -0.4 is 25.6 Å². The van der Waals surface area contributed by atoms with Gasteiger partial charge >= 0.3 is 6.09 Å². The molecule has 0 unspecified atom stereocenters. The number of amides is 1. The number of nitrogens with one attached hydrogen (secondary N) is 1. The Labute approximate surface area is 616 Å². The molecule has 105 heavy (non-hydrogen) atoms. The van der Waals surface area contributed by atoms with Gasteiger partial charge in [0.2, 0.25) is 11.6 Å². The third-order valence-corrected chi connectivity index (χ3v) is 18.1. The zero-order valence-electron chi connectivity index (χ0n) is 60.0. The van der Waals surface area contributed by atoms with E-state index in [0.29, 0.717) is 41.0 Å². The van der Waals surface area contributed by atoms with Crippen LogP contribution in [0.5, 0.6) is 5.75 Å². The van der Waals surface area contributed by atoms with Crippen LogP contribution in [0.3, 0.4) is 0 Å². The Morgan fingerprint density at radius 2 is 0.752 bits per heavy atom. The average Bonchev–Trinajstić information content (AvgIpc) is 1.73. The van der Waals surface area contributed by atoms with Crippen molar-refractivity contribution in [2.75, 3.05) is 47.0 Å². The molecule has 0 spiro atoms. The molecular weight excluding hydrogens is 1300 g/mol. The molecule has 0 saturated carbocycles. The van der Waals surface area contributed by atoms with Gasteiger partial charge in [-0.25, -0.2) is 4.79 Å². The highest BCUT2D eigenvalue weighted by molar-refractivity contribution is 5.94. The first-order valence-corrected chi connectivity index (χ1v) is 35.4. The summed E-state index contributed by atoms with van der Waals surface area (Å²) in [6.45, 7) is 21.1. The number of anilines is 4. The summed E-state index contributed by atoms with van der Waals surface area (Å²) in [6.07, 6.45) is -0.724. The van der Waals surface area contributed by atoms with Crippen LogP contribution in [0, 0.1) is 33.8 Å². The molecule has 0 saturated heterocycles. The second-order valence-corrected chi connectivity index (χ2v) is 27.7. The zero-order valence-corrected chi connectivity index (χ0v) is 60.0. The molecule has 13 rings (SSSR count). The van der Waals surface area contributed by atoms with E-state index in [4.69, 9.17) is 41.3 Å². The van der Waals surface area contributed by atoms with Gasteiger partial charge in [0.05, 0.1) is 27.7 Å². The normalized spacial score (nSPS) is 11.4. The van der Waals surface area contributed by atoms with E-state index in [-0.39, 0.29) is 18.9 Å². The fourth-order valence-electron chi connectivity index (χ4n) is 13.8. The minimum atomic E-state index is -0.941. The van der Waals surface area contributed by atoms with E-state index in [2.05, 4.69) is 210 Å². The second kappa shape index (κ2) is 33.6. The summed E-state index contributed by atoms with van der Waals surface area (Å²) >= 11 is 0. The lowest BCUT2D eigenvalue weighted by Crippen LogP contribution is -2.39. The van der Waals surface area contributed by atoms with Gasteiger partial charge in [0, 0.05) is 49.4 Å². The van der Waals surface area contributed by atoms with Crippen LogP contribution in [-0.2, 0) is 11.1 Å². The molecule has 2 heterocycles. The van der Waals surface area contributed by atoms with Crippen molar-refractivity contribution in [1.29, 1.82) is 0 Å². The van der Waals surface area contributed by atoms with Crippen molar-refractivity contribution in [3.05, 3.63) is 335 Å². The monoisotopic (exact) mass is 1390 g/mol. The van der Waals surface area contributed by atoms with Crippen molar-refractivity contribution >= 4 is 34.5 Å². The molecule has 0 aliphatic carbocycles. The van der Waals surface area contributed by atoms with E-state index >= 15 is 0 Å². The molecule has 0 radical (unpaired) electrons. The molecule has 2 aromatic heterocycles. The van der Waals surface area contributed by atoms with Gasteiger partial charge in [0.25, 0.3) is 5.69 Å². The molecule has 1 amide bonds. The molecule has 0 atom stereocenters. The molecule has 532 valence electrons. The number of ether oxygens (including phenoxy) is 1. The van der Waals surface area contributed by atoms with Crippen molar-refractivity contribution < 1.29 is 14.5 Å². The number of hydrogen-bond acceptors (Lipinski definition) is 13. The first-order chi connectivity index (χ1) is 50.5. The summed E-state index contributed by atoms with van der Waals surface area (Å²) in [5, 5.41) is 43.5. The molecule has 0 bridgehead atoms. The quantitative estimate of drug-likeness (QED) is 0.0237. The number of carbonyl (C=O) groups is 1. The van der Waals surface area contributed by atoms with Crippen LogP contribution in [0.1, 0.15) is 96.2 Å². The predicted molar refractivity (Wildman–Crippen MR) is 424 cm³/mol. The zero-order chi connectivity index (χ0) is 72.7. The molecule has 17 heteroatoms. The fourth-order valence-corrected chi connectivity index (χ4v) is 13.8. The Balaban J connectivity index is 0.000000213. The minimum Gasteiger partial charge on any atom is -0.410 e. The van der Waals surface area contributed by atoms with Crippen molar-refractivity contribution in [3.63, 3.8) is 0 Å².